The van der Waals surface area contributed by atoms with Gasteiger partial charge in [-0.1, -0.05) is 12.1 Å². The number of amides is 2. The van der Waals surface area contributed by atoms with Crippen LogP contribution in [0.25, 0.3) is 0 Å². The maximum atomic E-state index is 11.6. The number of nitrogens with zero attached hydrogens (tertiary/aromatic N) is 1. The van der Waals surface area contributed by atoms with Crippen LogP contribution >= 0.6 is 0 Å². The van der Waals surface area contributed by atoms with Crippen molar-refractivity contribution in [2.24, 2.45) is 0 Å². The van der Waals surface area contributed by atoms with Gasteiger partial charge in [0.05, 0.1) is 11.3 Å². The fraction of sp³-hybridized carbons (Fsp3) is 0.250. The van der Waals surface area contributed by atoms with E-state index in [2.05, 4.69) is 10.6 Å². The number of carbonyl (C=O) groups excluding carboxylic acids is 1. The molecule has 0 aliphatic heterocycles. The van der Waals surface area contributed by atoms with Gasteiger partial charge in [-0.05, 0) is 26.0 Å². The van der Waals surface area contributed by atoms with Gasteiger partial charge in [0, 0.05) is 0 Å². The third-order valence-corrected chi connectivity index (χ3v) is 2.26. The number of carboxylic acid groups (broad SMARTS) is 1. The number of hydrogen-bond acceptors (Lipinski definition) is 3. The summed E-state index contributed by atoms with van der Waals surface area (Å²) >= 11 is 0. The SMILES string of the molecule is CC(C)(NC(=O)Nc1ccccc1C#N)C(=O)O. The molecule has 0 aliphatic rings. The number of carboxylic acids is 1. The number of hydrogen-bond donors (Lipinski definition) is 3. The zero-order valence-corrected chi connectivity index (χ0v) is 10.0. The first-order valence-corrected chi connectivity index (χ1v) is 5.18. The van der Waals surface area contributed by atoms with Crippen LogP contribution in [0, 0.1) is 11.3 Å². The molecule has 18 heavy (non-hydrogen) atoms. The highest BCUT2D eigenvalue weighted by molar-refractivity contribution is 5.94. The van der Waals surface area contributed by atoms with E-state index in [9.17, 15) is 9.59 Å². The summed E-state index contributed by atoms with van der Waals surface area (Å²) in [5.74, 6) is -1.15. The normalized spacial score (nSPS) is 10.3. The van der Waals surface area contributed by atoms with Crippen molar-refractivity contribution in [3.8, 4) is 6.07 Å². The number of para-hydroxylation sites is 1. The van der Waals surface area contributed by atoms with E-state index in [0.29, 0.717) is 11.3 Å². The van der Waals surface area contributed by atoms with E-state index in [0.717, 1.165) is 0 Å². The molecule has 1 rings (SSSR count). The molecule has 0 aliphatic carbocycles. The van der Waals surface area contributed by atoms with Crippen molar-refractivity contribution in [3.05, 3.63) is 29.8 Å². The Kier molecular flexibility index (Phi) is 3.89. The molecule has 0 fully saturated rings. The fourth-order valence-corrected chi connectivity index (χ4v) is 1.18. The molecule has 0 aromatic heterocycles. The van der Waals surface area contributed by atoms with Crippen molar-refractivity contribution in [2.45, 2.75) is 19.4 Å². The molecule has 0 unspecified atom stereocenters. The maximum Gasteiger partial charge on any atom is 0.328 e. The summed E-state index contributed by atoms with van der Waals surface area (Å²) in [6.45, 7) is 2.73. The van der Waals surface area contributed by atoms with Gasteiger partial charge >= 0.3 is 12.0 Å². The number of carbonyl (C=O) groups is 2. The minimum atomic E-state index is -1.38. The molecule has 1 aromatic rings. The molecular formula is C12H13N3O3. The van der Waals surface area contributed by atoms with Crippen LogP contribution in [0.4, 0.5) is 10.5 Å². The van der Waals surface area contributed by atoms with Crippen molar-refractivity contribution in [3.63, 3.8) is 0 Å². The Morgan fingerprint density at radius 2 is 1.94 bits per heavy atom. The minimum absolute atomic E-state index is 0.306. The Morgan fingerprint density at radius 3 is 2.50 bits per heavy atom. The van der Waals surface area contributed by atoms with Gasteiger partial charge in [-0.25, -0.2) is 9.59 Å². The minimum Gasteiger partial charge on any atom is -0.480 e. The molecule has 6 nitrogen and oxygen atoms in total. The number of benzene rings is 1. The highest BCUT2D eigenvalue weighted by Gasteiger charge is 2.29. The lowest BCUT2D eigenvalue weighted by Crippen LogP contribution is -2.51. The summed E-state index contributed by atoms with van der Waals surface area (Å²) in [6.07, 6.45) is 0. The van der Waals surface area contributed by atoms with Crippen molar-refractivity contribution in [2.75, 3.05) is 5.32 Å². The second kappa shape index (κ2) is 5.19. The highest BCUT2D eigenvalue weighted by atomic mass is 16.4. The zero-order valence-electron chi connectivity index (χ0n) is 10.0. The van der Waals surface area contributed by atoms with Crippen LogP contribution in [0.2, 0.25) is 0 Å². The third kappa shape index (κ3) is 3.22. The third-order valence-electron chi connectivity index (χ3n) is 2.26. The average molecular weight is 247 g/mol. The van der Waals surface area contributed by atoms with Gasteiger partial charge < -0.3 is 15.7 Å². The van der Waals surface area contributed by atoms with E-state index in [1.165, 1.54) is 13.8 Å². The second-order valence-electron chi connectivity index (χ2n) is 4.17. The van der Waals surface area contributed by atoms with Gasteiger partial charge in [-0.3, -0.25) is 0 Å². The number of urea groups is 1. The molecule has 0 saturated carbocycles. The van der Waals surface area contributed by atoms with Crippen LogP contribution in [0.3, 0.4) is 0 Å². The monoisotopic (exact) mass is 247 g/mol. The Morgan fingerprint density at radius 1 is 1.33 bits per heavy atom. The summed E-state index contributed by atoms with van der Waals surface area (Å²) in [7, 11) is 0. The summed E-state index contributed by atoms with van der Waals surface area (Å²) in [5.41, 5.74) is -0.745. The van der Waals surface area contributed by atoms with Crippen LogP contribution in [0.1, 0.15) is 19.4 Å². The molecular weight excluding hydrogens is 234 g/mol. The molecule has 3 N–H and O–H groups in total. The number of nitrogens with one attached hydrogen (secondary N) is 2. The fourth-order valence-electron chi connectivity index (χ4n) is 1.18. The summed E-state index contributed by atoms with van der Waals surface area (Å²) in [5, 5.41) is 22.4. The van der Waals surface area contributed by atoms with Gasteiger partial charge in [0.2, 0.25) is 0 Å². The number of nitriles is 1. The largest absolute Gasteiger partial charge is 0.480 e. The van der Waals surface area contributed by atoms with Crippen LogP contribution < -0.4 is 10.6 Å². The molecule has 94 valence electrons. The van der Waals surface area contributed by atoms with Crippen molar-refractivity contribution in [1.29, 1.82) is 5.26 Å². The number of anilines is 1. The van der Waals surface area contributed by atoms with E-state index < -0.39 is 17.5 Å². The Bertz CT molecular complexity index is 518. The smallest absolute Gasteiger partial charge is 0.328 e. The molecule has 0 atom stereocenters. The van der Waals surface area contributed by atoms with E-state index in [1.54, 1.807) is 24.3 Å². The topological polar surface area (TPSA) is 102 Å². The Hall–Kier alpha value is -2.55. The predicted molar refractivity (Wildman–Crippen MR) is 65.0 cm³/mol. The van der Waals surface area contributed by atoms with Crippen LogP contribution in [-0.4, -0.2) is 22.6 Å². The summed E-state index contributed by atoms with van der Waals surface area (Å²) in [6, 6.07) is 7.70. The van der Waals surface area contributed by atoms with E-state index in [4.69, 9.17) is 10.4 Å². The Labute approximate surface area is 104 Å². The van der Waals surface area contributed by atoms with Crippen LogP contribution in [-0.2, 0) is 4.79 Å². The first-order valence-electron chi connectivity index (χ1n) is 5.18. The molecule has 0 spiro atoms. The van der Waals surface area contributed by atoms with E-state index in [1.807, 2.05) is 6.07 Å². The van der Waals surface area contributed by atoms with Gasteiger partial charge in [0.25, 0.3) is 0 Å². The quantitative estimate of drug-likeness (QED) is 0.753. The Balaban J connectivity index is 2.78. The maximum absolute atomic E-state index is 11.6. The van der Waals surface area contributed by atoms with Gasteiger partial charge in [-0.15, -0.1) is 0 Å². The summed E-state index contributed by atoms with van der Waals surface area (Å²) < 4.78 is 0. The van der Waals surface area contributed by atoms with Crippen LogP contribution in [0.5, 0.6) is 0 Å². The standard InChI is InChI=1S/C12H13N3O3/c1-12(2,10(16)17)15-11(18)14-9-6-4-3-5-8(9)7-13/h3-6H,1-2H3,(H,16,17)(H2,14,15,18). The van der Waals surface area contributed by atoms with Crippen molar-refractivity contribution < 1.29 is 14.7 Å². The number of rotatable bonds is 3. The lowest BCUT2D eigenvalue weighted by atomic mass is 10.1. The number of aliphatic carboxylic acids is 1. The lowest BCUT2D eigenvalue weighted by molar-refractivity contribution is -0.142. The first-order chi connectivity index (χ1) is 8.36. The van der Waals surface area contributed by atoms with Crippen molar-refractivity contribution in [1.82, 2.24) is 5.32 Å². The average Bonchev–Trinajstić information content (AvgIpc) is 2.28. The molecule has 0 bridgehead atoms. The molecule has 0 radical (unpaired) electrons. The second-order valence-corrected chi connectivity index (χ2v) is 4.17. The zero-order chi connectivity index (χ0) is 13.8. The first kappa shape index (κ1) is 13.5. The van der Waals surface area contributed by atoms with Crippen LogP contribution in [0.15, 0.2) is 24.3 Å². The van der Waals surface area contributed by atoms with Crippen molar-refractivity contribution >= 4 is 17.7 Å². The van der Waals surface area contributed by atoms with Gasteiger partial charge in [0.1, 0.15) is 11.6 Å². The van der Waals surface area contributed by atoms with Gasteiger partial charge in [0.15, 0.2) is 0 Å². The van der Waals surface area contributed by atoms with Gasteiger partial charge in [-0.2, -0.15) is 5.26 Å². The molecule has 1 aromatic carbocycles. The molecule has 0 heterocycles. The summed E-state index contributed by atoms with van der Waals surface area (Å²) in [4.78, 5) is 22.4. The lowest BCUT2D eigenvalue weighted by Gasteiger charge is -2.21. The predicted octanol–water partition coefficient (Wildman–Crippen LogP) is 1.54. The molecule has 0 saturated heterocycles. The molecule has 6 heteroatoms. The molecule has 2 amide bonds. The van der Waals surface area contributed by atoms with E-state index in [-0.39, 0.29) is 0 Å². The van der Waals surface area contributed by atoms with E-state index >= 15 is 0 Å². The highest BCUT2D eigenvalue weighted by Crippen LogP contribution is 2.13.